The highest BCUT2D eigenvalue weighted by Crippen LogP contribution is 2.30. The Bertz CT molecular complexity index is 1330. The topological polar surface area (TPSA) is 124 Å². The fourth-order valence-corrected chi connectivity index (χ4v) is 3.59. The predicted octanol–water partition coefficient (Wildman–Crippen LogP) is 5.22. The Morgan fingerprint density at radius 3 is 2.43 bits per heavy atom. The van der Waals surface area contributed by atoms with Gasteiger partial charge >= 0.3 is 0 Å². The lowest BCUT2D eigenvalue weighted by Crippen LogP contribution is -2.16. The summed E-state index contributed by atoms with van der Waals surface area (Å²) >= 11 is 20.6. The number of carbonyl (C=O) groups excluding carboxylic acids is 1. The van der Waals surface area contributed by atoms with Gasteiger partial charge in [0.1, 0.15) is 49.4 Å². The molecule has 0 saturated carbocycles. The van der Waals surface area contributed by atoms with Gasteiger partial charge in [0.05, 0.1) is 10.5 Å². The molecule has 30 heavy (non-hydrogen) atoms. The number of allylic oxidation sites excluding steroid dienone is 1. The van der Waals surface area contributed by atoms with Crippen molar-refractivity contribution < 1.29 is 9.90 Å². The van der Waals surface area contributed by atoms with E-state index in [-0.39, 0.29) is 44.4 Å². The highest BCUT2D eigenvalue weighted by molar-refractivity contribution is 9.10. The largest absolute Gasteiger partial charge is 0.504 e. The van der Waals surface area contributed by atoms with Gasteiger partial charge in [-0.25, -0.2) is 15.0 Å². The zero-order chi connectivity index (χ0) is 22.0. The van der Waals surface area contributed by atoms with Crippen LogP contribution >= 0.6 is 50.7 Å². The predicted molar refractivity (Wildman–Crippen MR) is 115 cm³/mol. The number of pyridine rings is 3. The molecule has 0 saturated heterocycles. The van der Waals surface area contributed by atoms with Gasteiger partial charge < -0.3 is 5.11 Å². The SMILES string of the molecule is N#CC1=C(O)c2nc(Br)ccc2CC1=O.N#Cc1c(Cl)nc2ccc(Cl)nc2c1Cl. The van der Waals surface area contributed by atoms with Crippen LogP contribution in [0.25, 0.3) is 16.8 Å². The van der Waals surface area contributed by atoms with Crippen molar-refractivity contribution in [1.82, 2.24) is 15.0 Å². The van der Waals surface area contributed by atoms with Gasteiger partial charge in [-0.1, -0.05) is 40.9 Å². The molecule has 0 spiro atoms. The number of hydrogen-bond acceptors (Lipinski definition) is 7. The fraction of sp³-hybridized carbons (Fsp3) is 0.0526. The van der Waals surface area contributed by atoms with Crippen molar-refractivity contribution in [3.63, 3.8) is 0 Å². The molecular formula is C19H7BrCl3N5O2. The Morgan fingerprint density at radius 1 is 1.03 bits per heavy atom. The van der Waals surface area contributed by atoms with Gasteiger partial charge in [-0.05, 0) is 39.7 Å². The van der Waals surface area contributed by atoms with Crippen LogP contribution in [-0.4, -0.2) is 25.8 Å². The van der Waals surface area contributed by atoms with E-state index >= 15 is 0 Å². The number of ketones is 1. The van der Waals surface area contributed by atoms with Gasteiger partial charge in [-0.15, -0.1) is 0 Å². The summed E-state index contributed by atoms with van der Waals surface area (Å²) in [7, 11) is 0. The summed E-state index contributed by atoms with van der Waals surface area (Å²) in [5.74, 6) is -0.698. The molecule has 0 aliphatic heterocycles. The molecule has 3 aromatic rings. The number of Topliss-reactive ketones (excluding diaryl/α,β-unsaturated/α-hetero) is 1. The van der Waals surface area contributed by atoms with Crippen LogP contribution in [0.2, 0.25) is 15.3 Å². The monoisotopic (exact) mass is 521 g/mol. The average Bonchev–Trinajstić information content (AvgIpc) is 2.70. The summed E-state index contributed by atoms with van der Waals surface area (Å²) < 4.78 is 0.555. The summed E-state index contributed by atoms with van der Waals surface area (Å²) in [6.45, 7) is 0. The molecule has 3 heterocycles. The minimum atomic E-state index is -0.369. The van der Waals surface area contributed by atoms with Crippen molar-refractivity contribution in [3.8, 4) is 12.1 Å². The van der Waals surface area contributed by atoms with Crippen LogP contribution in [0.3, 0.4) is 0 Å². The first-order chi connectivity index (χ1) is 14.3. The van der Waals surface area contributed by atoms with Crippen LogP contribution in [0, 0.1) is 22.7 Å². The Balaban J connectivity index is 0.000000171. The first-order valence-electron chi connectivity index (χ1n) is 8.00. The summed E-state index contributed by atoms with van der Waals surface area (Å²) in [6.07, 6.45) is 0.114. The molecule has 1 aliphatic rings. The molecule has 0 radical (unpaired) electrons. The highest BCUT2D eigenvalue weighted by Gasteiger charge is 2.26. The van der Waals surface area contributed by atoms with Crippen LogP contribution in [0.1, 0.15) is 16.8 Å². The van der Waals surface area contributed by atoms with Crippen LogP contribution in [0.4, 0.5) is 0 Å². The van der Waals surface area contributed by atoms with Crippen molar-refractivity contribution in [1.29, 1.82) is 10.5 Å². The minimum Gasteiger partial charge on any atom is -0.504 e. The Kier molecular flexibility index (Phi) is 6.55. The standard InChI is InChI=1S/C10H5BrN2O2.C9H2Cl3N3/c11-8-2-1-5-3-7(14)6(4-12)10(15)9(5)13-8;10-6-2-1-5-8(15-6)7(11)4(3-13)9(12)14-5/h1-2,15H,3H2;1-2H. The molecule has 0 amide bonds. The van der Waals surface area contributed by atoms with E-state index in [2.05, 4.69) is 30.9 Å². The van der Waals surface area contributed by atoms with Crippen LogP contribution in [0.5, 0.6) is 0 Å². The third-order valence-electron chi connectivity index (χ3n) is 3.95. The second-order valence-corrected chi connectivity index (χ2v) is 7.72. The lowest BCUT2D eigenvalue weighted by molar-refractivity contribution is -0.114. The van der Waals surface area contributed by atoms with E-state index in [1.165, 1.54) is 0 Å². The number of aromatic nitrogens is 3. The van der Waals surface area contributed by atoms with Crippen LogP contribution in [0.15, 0.2) is 34.4 Å². The lowest BCUT2D eigenvalue weighted by Gasteiger charge is -2.13. The van der Waals surface area contributed by atoms with E-state index in [9.17, 15) is 9.90 Å². The molecule has 7 nitrogen and oxygen atoms in total. The Morgan fingerprint density at radius 2 is 1.77 bits per heavy atom. The number of halogens is 4. The summed E-state index contributed by atoms with van der Waals surface area (Å²) in [6, 6.07) is 10.2. The molecule has 1 N–H and O–H groups in total. The number of nitrogens with zero attached hydrogens (tertiary/aromatic N) is 5. The van der Waals surface area contributed by atoms with Crippen molar-refractivity contribution in [2.45, 2.75) is 6.42 Å². The molecule has 0 aromatic carbocycles. The fourth-order valence-electron chi connectivity index (χ4n) is 2.58. The zero-order valence-corrected chi connectivity index (χ0v) is 18.5. The molecule has 0 bridgehead atoms. The van der Waals surface area contributed by atoms with E-state index in [1.807, 2.05) is 6.07 Å². The smallest absolute Gasteiger partial charge is 0.181 e. The van der Waals surface area contributed by atoms with Gasteiger partial charge in [0.25, 0.3) is 0 Å². The number of carbonyl (C=O) groups is 1. The van der Waals surface area contributed by atoms with Gasteiger partial charge in [0.15, 0.2) is 11.5 Å². The number of fused-ring (bicyclic) bond motifs is 2. The number of rotatable bonds is 0. The van der Waals surface area contributed by atoms with Crippen molar-refractivity contribution >= 4 is 73.3 Å². The summed E-state index contributed by atoms with van der Waals surface area (Å²) in [5, 5.41) is 27.7. The normalized spacial score (nSPS) is 12.5. The van der Waals surface area contributed by atoms with E-state index in [0.29, 0.717) is 26.9 Å². The second-order valence-electron chi connectivity index (χ2n) is 5.78. The number of aliphatic hydroxyl groups excluding tert-OH is 1. The van der Waals surface area contributed by atoms with Crippen LogP contribution < -0.4 is 0 Å². The third kappa shape index (κ3) is 4.23. The number of hydrogen-bond donors (Lipinski definition) is 1. The highest BCUT2D eigenvalue weighted by atomic mass is 79.9. The van der Waals surface area contributed by atoms with E-state index in [1.54, 1.807) is 30.3 Å². The van der Waals surface area contributed by atoms with Crippen molar-refractivity contribution in [3.05, 3.63) is 66.6 Å². The molecule has 148 valence electrons. The van der Waals surface area contributed by atoms with E-state index < -0.39 is 0 Å². The van der Waals surface area contributed by atoms with Gasteiger partial charge in [0.2, 0.25) is 0 Å². The second kappa shape index (κ2) is 8.95. The zero-order valence-electron chi connectivity index (χ0n) is 14.6. The van der Waals surface area contributed by atoms with Crippen molar-refractivity contribution in [2.24, 2.45) is 0 Å². The Labute approximate surface area is 193 Å². The maximum Gasteiger partial charge on any atom is 0.181 e. The molecule has 11 heteroatoms. The average molecular weight is 524 g/mol. The quantitative estimate of drug-likeness (QED) is 0.401. The maximum atomic E-state index is 11.4. The maximum absolute atomic E-state index is 11.4. The van der Waals surface area contributed by atoms with E-state index in [0.717, 1.165) is 0 Å². The third-order valence-corrected chi connectivity index (χ3v) is 5.25. The summed E-state index contributed by atoms with van der Waals surface area (Å²) in [4.78, 5) is 23.4. The summed E-state index contributed by atoms with van der Waals surface area (Å²) in [5.41, 5.74) is 1.73. The molecule has 0 atom stereocenters. The molecule has 3 aromatic heterocycles. The van der Waals surface area contributed by atoms with E-state index in [4.69, 9.17) is 45.3 Å². The number of nitriles is 2. The molecule has 0 unspecified atom stereocenters. The van der Waals surface area contributed by atoms with Crippen molar-refractivity contribution in [2.75, 3.05) is 0 Å². The first-order valence-corrected chi connectivity index (χ1v) is 9.93. The van der Waals surface area contributed by atoms with Gasteiger partial charge in [0, 0.05) is 6.42 Å². The molecule has 0 fully saturated rings. The van der Waals surface area contributed by atoms with Gasteiger partial charge in [-0.2, -0.15) is 10.5 Å². The number of aliphatic hydroxyl groups is 1. The molecule has 1 aliphatic carbocycles. The van der Waals surface area contributed by atoms with Crippen LogP contribution in [-0.2, 0) is 11.2 Å². The minimum absolute atomic E-state index is 0.0686. The lowest BCUT2D eigenvalue weighted by atomic mass is 9.94. The van der Waals surface area contributed by atoms with Gasteiger partial charge in [-0.3, -0.25) is 4.79 Å². The molecule has 4 rings (SSSR count). The Hall–Kier alpha value is -2.75. The molecular weight excluding hydrogens is 517 g/mol. The first kappa shape index (κ1) is 21.9.